The molecule has 0 spiro atoms. The van der Waals surface area contributed by atoms with Crippen molar-refractivity contribution >= 4 is 21.8 Å². The summed E-state index contributed by atoms with van der Waals surface area (Å²) in [4.78, 5) is 8.64. The van der Waals surface area contributed by atoms with E-state index in [0.717, 1.165) is 5.56 Å². The van der Waals surface area contributed by atoms with Crippen molar-refractivity contribution in [2.24, 2.45) is 0 Å². The molecule has 0 unspecified atom stereocenters. The van der Waals surface area contributed by atoms with E-state index in [1.54, 1.807) is 13.2 Å². The lowest BCUT2D eigenvalue weighted by Crippen LogP contribution is -2.42. The normalized spacial score (nSPS) is 15.4. The van der Waals surface area contributed by atoms with E-state index in [4.69, 9.17) is 21.6 Å². The molecular weight excluding hydrogens is 430 g/mol. The maximum absolute atomic E-state index is 11.7. The van der Waals surface area contributed by atoms with Gasteiger partial charge < -0.3 is 20.5 Å². The molecule has 0 radical (unpaired) electrons. The highest BCUT2D eigenvalue weighted by atomic mass is 32.2. The van der Waals surface area contributed by atoms with Crippen molar-refractivity contribution < 1.29 is 17.9 Å². The van der Waals surface area contributed by atoms with Crippen LogP contribution in [0.2, 0.25) is 0 Å². The van der Waals surface area contributed by atoms with Gasteiger partial charge in [-0.25, -0.2) is 17.7 Å². The molecule has 1 saturated heterocycles. The Morgan fingerprint density at radius 3 is 2.47 bits per heavy atom. The molecule has 0 atom stereocenters. The predicted octanol–water partition coefficient (Wildman–Crippen LogP) is 2.80. The van der Waals surface area contributed by atoms with Gasteiger partial charge in [-0.1, -0.05) is 19.8 Å². The number of benzene rings is 1. The van der Waals surface area contributed by atoms with Gasteiger partial charge in [-0.3, -0.25) is 0 Å². The van der Waals surface area contributed by atoms with Crippen LogP contribution in [0.25, 0.3) is 0 Å². The number of anilines is 2. The van der Waals surface area contributed by atoms with Crippen LogP contribution in [-0.4, -0.2) is 55.2 Å². The van der Waals surface area contributed by atoms with Gasteiger partial charge in [-0.05, 0) is 24.8 Å². The number of piperidine rings is 1. The molecule has 3 N–H and O–H groups in total. The fourth-order valence-corrected chi connectivity index (χ4v) is 4.44. The third-order valence-corrected chi connectivity index (χ3v) is 6.67. The monoisotopic (exact) mass is 459 g/mol. The third kappa shape index (κ3) is 5.41. The second-order valence-electron chi connectivity index (χ2n) is 8.02. The van der Waals surface area contributed by atoms with E-state index >= 15 is 0 Å². The van der Waals surface area contributed by atoms with E-state index in [1.165, 1.54) is 16.8 Å². The van der Waals surface area contributed by atoms with Crippen molar-refractivity contribution in [2.75, 3.05) is 37.5 Å². The van der Waals surface area contributed by atoms with Gasteiger partial charge in [0.2, 0.25) is 16.0 Å². The van der Waals surface area contributed by atoms with Crippen LogP contribution in [0.3, 0.4) is 0 Å². The molecule has 0 aliphatic carbocycles. The number of methoxy groups -OCH3 is 1. The maximum atomic E-state index is 11.7. The Labute approximate surface area is 189 Å². The zero-order valence-electron chi connectivity index (χ0n) is 18.8. The number of hydrogen-bond acceptors (Lipinski definition) is 8. The van der Waals surface area contributed by atoms with Gasteiger partial charge in [0.05, 0.1) is 25.1 Å². The molecule has 32 heavy (non-hydrogen) atoms. The summed E-state index contributed by atoms with van der Waals surface area (Å²) in [6.45, 7) is 5.00. The standard InChI is InChI=1S/C22H29N5O4S/c1-6-15-11-19(17(14(2)3)12-18(15)30-4)31-20-13-24-22(26-21(20)23)25-16-7-9-27(10-8-16)32(5,28)29/h1,11-14,16H,7-10H2,2-5H3,(H3,23,24,25,26). The van der Waals surface area contributed by atoms with E-state index in [9.17, 15) is 8.42 Å². The third-order valence-electron chi connectivity index (χ3n) is 5.37. The Morgan fingerprint density at radius 1 is 1.25 bits per heavy atom. The molecule has 0 saturated carbocycles. The summed E-state index contributed by atoms with van der Waals surface area (Å²) in [7, 11) is -1.59. The molecule has 9 nitrogen and oxygen atoms in total. The largest absolute Gasteiger partial charge is 0.495 e. The second-order valence-corrected chi connectivity index (χ2v) is 10.00. The number of sulfonamides is 1. The lowest BCUT2D eigenvalue weighted by molar-refractivity contribution is 0.331. The SMILES string of the molecule is C#Cc1cc(Oc2cnc(NC3CCN(S(C)(=O)=O)CC3)nc2N)c(C(C)C)cc1OC. The number of nitrogens with zero attached hydrogens (tertiary/aromatic N) is 3. The van der Waals surface area contributed by atoms with Crippen LogP contribution < -0.4 is 20.5 Å². The highest BCUT2D eigenvalue weighted by molar-refractivity contribution is 7.88. The zero-order valence-corrected chi connectivity index (χ0v) is 19.6. The van der Waals surface area contributed by atoms with Gasteiger partial charge in [-0.15, -0.1) is 6.42 Å². The number of nitrogens with two attached hydrogens (primary N) is 1. The van der Waals surface area contributed by atoms with Crippen molar-refractivity contribution in [1.29, 1.82) is 0 Å². The maximum Gasteiger partial charge on any atom is 0.225 e. The smallest absolute Gasteiger partial charge is 0.225 e. The molecule has 10 heteroatoms. The summed E-state index contributed by atoms with van der Waals surface area (Å²) in [6, 6.07) is 3.67. The average Bonchev–Trinajstić information content (AvgIpc) is 2.74. The molecule has 1 aromatic carbocycles. The Hall–Kier alpha value is -3.03. The summed E-state index contributed by atoms with van der Waals surface area (Å²) < 4.78 is 36.2. The molecule has 1 aromatic heterocycles. The molecule has 0 bridgehead atoms. The Kier molecular flexibility index (Phi) is 7.11. The number of hydrogen-bond donors (Lipinski definition) is 2. The number of nitrogens with one attached hydrogen (secondary N) is 1. The van der Waals surface area contributed by atoms with Crippen molar-refractivity contribution in [2.45, 2.75) is 38.6 Å². The molecule has 1 fully saturated rings. The van der Waals surface area contributed by atoms with Crippen molar-refractivity contribution in [3.8, 4) is 29.6 Å². The first-order valence-electron chi connectivity index (χ1n) is 10.3. The number of nitrogen functional groups attached to an aromatic ring is 1. The minimum absolute atomic E-state index is 0.0616. The first-order valence-corrected chi connectivity index (χ1v) is 12.2. The summed E-state index contributed by atoms with van der Waals surface area (Å²) in [5, 5.41) is 3.23. The zero-order chi connectivity index (χ0) is 23.5. The number of aromatic nitrogens is 2. The summed E-state index contributed by atoms with van der Waals surface area (Å²) in [5.74, 6) is 4.81. The Bertz CT molecular complexity index is 1120. The molecule has 1 aliphatic heterocycles. The van der Waals surface area contributed by atoms with Crippen molar-refractivity contribution in [3.05, 3.63) is 29.5 Å². The van der Waals surface area contributed by atoms with Crippen LogP contribution in [0, 0.1) is 12.3 Å². The van der Waals surface area contributed by atoms with Crippen LogP contribution >= 0.6 is 0 Å². The molecule has 2 heterocycles. The van der Waals surface area contributed by atoms with E-state index in [2.05, 4.69) is 21.2 Å². The second kappa shape index (κ2) is 9.63. The Morgan fingerprint density at radius 2 is 1.94 bits per heavy atom. The molecule has 1 aliphatic rings. The van der Waals surface area contributed by atoms with Crippen LogP contribution in [0.4, 0.5) is 11.8 Å². The van der Waals surface area contributed by atoms with E-state index in [1.807, 2.05) is 19.9 Å². The number of terminal acetylenes is 1. The summed E-state index contributed by atoms with van der Waals surface area (Å²) in [5.41, 5.74) is 7.63. The molecular formula is C22H29N5O4S. The fourth-order valence-electron chi connectivity index (χ4n) is 3.56. The fraction of sp³-hybridized carbons (Fsp3) is 0.455. The Balaban J connectivity index is 1.75. The minimum Gasteiger partial charge on any atom is -0.495 e. The van der Waals surface area contributed by atoms with Crippen LogP contribution in [0.5, 0.6) is 17.2 Å². The average molecular weight is 460 g/mol. The van der Waals surface area contributed by atoms with Gasteiger partial charge in [-0.2, -0.15) is 4.98 Å². The van der Waals surface area contributed by atoms with Crippen molar-refractivity contribution in [3.63, 3.8) is 0 Å². The minimum atomic E-state index is -3.17. The number of rotatable bonds is 7. The molecule has 172 valence electrons. The van der Waals surface area contributed by atoms with E-state index < -0.39 is 10.0 Å². The van der Waals surface area contributed by atoms with Crippen LogP contribution in [0.1, 0.15) is 43.7 Å². The quantitative estimate of drug-likeness (QED) is 0.607. The van der Waals surface area contributed by atoms with Gasteiger partial charge >= 0.3 is 0 Å². The van der Waals surface area contributed by atoms with E-state index in [0.29, 0.717) is 54.7 Å². The van der Waals surface area contributed by atoms with Gasteiger partial charge in [0.15, 0.2) is 11.6 Å². The van der Waals surface area contributed by atoms with Gasteiger partial charge in [0.25, 0.3) is 0 Å². The lowest BCUT2D eigenvalue weighted by atomic mass is 9.99. The molecule has 2 aromatic rings. The van der Waals surface area contributed by atoms with Gasteiger partial charge in [0.1, 0.15) is 11.5 Å². The highest BCUT2D eigenvalue weighted by Gasteiger charge is 2.25. The first-order chi connectivity index (χ1) is 15.1. The van der Waals surface area contributed by atoms with E-state index in [-0.39, 0.29) is 17.8 Å². The number of ether oxygens (including phenoxy) is 2. The predicted molar refractivity (Wildman–Crippen MR) is 125 cm³/mol. The summed E-state index contributed by atoms with van der Waals surface area (Å²) in [6.07, 6.45) is 9.67. The molecule has 3 rings (SSSR count). The highest BCUT2D eigenvalue weighted by Crippen LogP contribution is 2.37. The first kappa shape index (κ1) is 23.6. The van der Waals surface area contributed by atoms with Crippen molar-refractivity contribution in [1.82, 2.24) is 14.3 Å². The summed E-state index contributed by atoms with van der Waals surface area (Å²) >= 11 is 0. The lowest BCUT2D eigenvalue weighted by Gasteiger charge is -2.30. The van der Waals surface area contributed by atoms with Crippen LogP contribution in [-0.2, 0) is 10.0 Å². The topological polar surface area (TPSA) is 120 Å². The molecule has 0 amide bonds. The van der Waals surface area contributed by atoms with Crippen LogP contribution in [0.15, 0.2) is 18.3 Å². The van der Waals surface area contributed by atoms with Gasteiger partial charge in [0, 0.05) is 30.8 Å².